The van der Waals surface area contributed by atoms with E-state index in [0.717, 1.165) is 17.3 Å². The fraction of sp³-hybridized carbons (Fsp3) is 0.267. The Morgan fingerprint density at radius 1 is 1.20 bits per heavy atom. The van der Waals surface area contributed by atoms with Gasteiger partial charge in [-0.3, -0.25) is 10.2 Å². The SMILES string of the molecule is Cc1cc(C)cc(CSCc2cc(C(=O)NN)co2)c1. The van der Waals surface area contributed by atoms with Gasteiger partial charge in [0.05, 0.1) is 11.3 Å². The molecule has 2 aromatic rings. The minimum absolute atomic E-state index is 0.334. The average Bonchev–Trinajstić information content (AvgIpc) is 2.85. The molecule has 4 nitrogen and oxygen atoms in total. The van der Waals surface area contributed by atoms with E-state index < -0.39 is 0 Å². The molecule has 20 heavy (non-hydrogen) atoms. The molecule has 0 atom stereocenters. The van der Waals surface area contributed by atoms with Crippen LogP contribution >= 0.6 is 11.8 Å². The minimum atomic E-state index is -0.334. The maximum Gasteiger partial charge on any atom is 0.268 e. The van der Waals surface area contributed by atoms with E-state index in [-0.39, 0.29) is 5.91 Å². The number of carbonyl (C=O) groups is 1. The molecule has 1 amide bonds. The van der Waals surface area contributed by atoms with Crippen molar-refractivity contribution >= 4 is 17.7 Å². The first-order valence-corrected chi connectivity index (χ1v) is 7.47. The smallest absolute Gasteiger partial charge is 0.268 e. The predicted octanol–water partition coefficient (Wildman–Crippen LogP) is 2.93. The van der Waals surface area contributed by atoms with E-state index >= 15 is 0 Å². The molecule has 0 bridgehead atoms. The lowest BCUT2D eigenvalue weighted by Crippen LogP contribution is -2.29. The fourth-order valence-corrected chi connectivity index (χ4v) is 2.94. The van der Waals surface area contributed by atoms with Crippen LogP contribution in [0.5, 0.6) is 0 Å². The van der Waals surface area contributed by atoms with Crippen molar-refractivity contribution in [2.24, 2.45) is 5.84 Å². The second kappa shape index (κ2) is 6.63. The van der Waals surface area contributed by atoms with Gasteiger partial charge in [-0.05, 0) is 25.5 Å². The number of aryl methyl sites for hydroxylation is 2. The Hall–Kier alpha value is -1.72. The van der Waals surface area contributed by atoms with Crippen molar-refractivity contribution < 1.29 is 9.21 Å². The number of carbonyl (C=O) groups excluding carboxylic acids is 1. The van der Waals surface area contributed by atoms with Gasteiger partial charge in [0, 0.05) is 5.75 Å². The van der Waals surface area contributed by atoms with Crippen molar-refractivity contribution in [1.29, 1.82) is 0 Å². The van der Waals surface area contributed by atoms with E-state index in [2.05, 4.69) is 37.5 Å². The molecule has 1 heterocycles. The quantitative estimate of drug-likeness (QED) is 0.505. The second-order valence-corrected chi connectivity index (χ2v) is 5.75. The lowest BCUT2D eigenvalue weighted by molar-refractivity contribution is 0.0953. The Labute approximate surface area is 122 Å². The number of amides is 1. The summed E-state index contributed by atoms with van der Waals surface area (Å²) in [5.74, 6) is 7.16. The largest absolute Gasteiger partial charge is 0.468 e. The number of nitrogens with one attached hydrogen (secondary N) is 1. The Bertz CT molecular complexity index is 587. The van der Waals surface area contributed by atoms with Crippen molar-refractivity contribution in [2.45, 2.75) is 25.4 Å². The van der Waals surface area contributed by atoms with Gasteiger partial charge in [-0.2, -0.15) is 0 Å². The monoisotopic (exact) mass is 290 g/mol. The standard InChI is InChI=1S/C15H18N2O2S/c1-10-3-11(2)5-12(4-10)8-20-9-14-6-13(7-19-14)15(18)17-16/h3-7H,8-9,16H2,1-2H3,(H,17,18). The zero-order valence-electron chi connectivity index (χ0n) is 11.6. The third-order valence-electron chi connectivity index (χ3n) is 2.84. The molecule has 0 saturated heterocycles. The van der Waals surface area contributed by atoms with E-state index in [1.54, 1.807) is 17.8 Å². The van der Waals surface area contributed by atoms with Crippen LogP contribution in [0.3, 0.4) is 0 Å². The van der Waals surface area contributed by atoms with E-state index in [0.29, 0.717) is 5.56 Å². The summed E-state index contributed by atoms with van der Waals surface area (Å²) < 4.78 is 5.34. The van der Waals surface area contributed by atoms with Gasteiger partial charge in [-0.25, -0.2) is 5.84 Å². The fourth-order valence-electron chi connectivity index (χ4n) is 2.08. The number of nitrogen functional groups attached to an aromatic ring is 1. The summed E-state index contributed by atoms with van der Waals surface area (Å²) in [6, 6.07) is 8.26. The average molecular weight is 290 g/mol. The predicted molar refractivity (Wildman–Crippen MR) is 81.3 cm³/mol. The van der Waals surface area contributed by atoms with Crippen LogP contribution in [-0.2, 0) is 11.5 Å². The highest BCUT2D eigenvalue weighted by Gasteiger charge is 2.08. The number of hydrogen-bond acceptors (Lipinski definition) is 4. The summed E-state index contributed by atoms with van der Waals surface area (Å²) in [6.07, 6.45) is 1.43. The number of hydrogen-bond donors (Lipinski definition) is 2. The van der Waals surface area contributed by atoms with Gasteiger partial charge < -0.3 is 4.42 Å². The molecular formula is C15H18N2O2S. The summed E-state index contributed by atoms with van der Waals surface area (Å²) in [6.45, 7) is 4.21. The maximum atomic E-state index is 11.3. The van der Waals surface area contributed by atoms with Gasteiger partial charge in [0.2, 0.25) is 0 Å². The molecule has 0 spiro atoms. The molecule has 0 unspecified atom stereocenters. The molecule has 0 fully saturated rings. The molecule has 3 N–H and O–H groups in total. The Morgan fingerprint density at radius 3 is 2.55 bits per heavy atom. The van der Waals surface area contributed by atoms with Crippen LogP contribution in [0.4, 0.5) is 0 Å². The molecule has 5 heteroatoms. The topological polar surface area (TPSA) is 68.3 Å². The van der Waals surface area contributed by atoms with E-state index in [1.807, 2.05) is 0 Å². The molecule has 106 valence electrons. The van der Waals surface area contributed by atoms with Crippen molar-refractivity contribution in [2.75, 3.05) is 0 Å². The van der Waals surface area contributed by atoms with Crippen LogP contribution in [-0.4, -0.2) is 5.91 Å². The Morgan fingerprint density at radius 2 is 1.90 bits per heavy atom. The van der Waals surface area contributed by atoms with Gasteiger partial charge in [0.1, 0.15) is 12.0 Å². The second-order valence-electron chi connectivity index (χ2n) is 4.76. The number of furan rings is 1. The molecule has 0 saturated carbocycles. The van der Waals surface area contributed by atoms with Crippen LogP contribution in [0.15, 0.2) is 34.9 Å². The van der Waals surface area contributed by atoms with Crippen LogP contribution in [0.1, 0.15) is 32.8 Å². The maximum absolute atomic E-state index is 11.3. The first kappa shape index (κ1) is 14.7. The highest BCUT2D eigenvalue weighted by atomic mass is 32.2. The zero-order valence-corrected chi connectivity index (χ0v) is 12.4. The summed E-state index contributed by atoms with van der Waals surface area (Å²) in [7, 11) is 0. The van der Waals surface area contributed by atoms with Gasteiger partial charge in [0.25, 0.3) is 5.91 Å². The molecule has 1 aromatic carbocycles. The van der Waals surface area contributed by atoms with Crippen molar-refractivity contribution in [3.05, 3.63) is 58.5 Å². The molecule has 0 aliphatic carbocycles. The van der Waals surface area contributed by atoms with Crippen LogP contribution in [0.2, 0.25) is 0 Å². The number of hydrazine groups is 1. The number of thioether (sulfide) groups is 1. The Balaban J connectivity index is 1.89. The van der Waals surface area contributed by atoms with Gasteiger partial charge in [-0.1, -0.05) is 29.3 Å². The summed E-state index contributed by atoms with van der Waals surface area (Å²) in [4.78, 5) is 11.3. The van der Waals surface area contributed by atoms with Gasteiger partial charge in [-0.15, -0.1) is 11.8 Å². The Kier molecular flexibility index (Phi) is 4.87. The number of rotatable bonds is 5. The normalized spacial score (nSPS) is 10.6. The lowest BCUT2D eigenvalue weighted by atomic mass is 10.1. The summed E-state index contributed by atoms with van der Waals surface area (Å²) in [5, 5.41) is 0. The first-order chi connectivity index (χ1) is 9.58. The number of nitrogens with two attached hydrogens (primary N) is 1. The third-order valence-corrected chi connectivity index (χ3v) is 3.87. The van der Waals surface area contributed by atoms with Gasteiger partial charge in [0.15, 0.2) is 0 Å². The van der Waals surface area contributed by atoms with Gasteiger partial charge >= 0.3 is 0 Å². The highest BCUT2D eigenvalue weighted by molar-refractivity contribution is 7.97. The molecule has 0 aliphatic rings. The van der Waals surface area contributed by atoms with E-state index in [9.17, 15) is 4.79 Å². The summed E-state index contributed by atoms with van der Waals surface area (Å²) >= 11 is 1.75. The third kappa shape index (κ3) is 3.88. The van der Waals surface area contributed by atoms with E-state index in [4.69, 9.17) is 10.3 Å². The molecule has 2 rings (SSSR count). The molecule has 0 aliphatic heterocycles. The molecular weight excluding hydrogens is 272 g/mol. The van der Waals surface area contributed by atoms with Crippen molar-refractivity contribution in [3.8, 4) is 0 Å². The van der Waals surface area contributed by atoms with E-state index in [1.165, 1.54) is 23.0 Å². The summed E-state index contributed by atoms with van der Waals surface area (Å²) in [5.41, 5.74) is 6.40. The first-order valence-electron chi connectivity index (χ1n) is 6.32. The molecule has 1 aromatic heterocycles. The van der Waals surface area contributed by atoms with Crippen LogP contribution in [0, 0.1) is 13.8 Å². The number of benzene rings is 1. The van der Waals surface area contributed by atoms with Crippen LogP contribution in [0.25, 0.3) is 0 Å². The minimum Gasteiger partial charge on any atom is -0.468 e. The lowest BCUT2D eigenvalue weighted by Gasteiger charge is -2.04. The molecule has 0 radical (unpaired) electrons. The van der Waals surface area contributed by atoms with Crippen LogP contribution < -0.4 is 11.3 Å². The van der Waals surface area contributed by atoms with Crippen molar-refractivity contribution in [3.63, 3.8) is 0 Å². The zero-order chi connectivity index (χ0) is 14.5. The highest BCUT2D eigenvalue weighted by Crippen LogP contribution is 2.21. The van der Waals surface area contributed by atoms with Crippen molar-refractivity contribution in [1.82, 2.24) is 5.43 Å².